The Kier molecular flexibility index (Phi) is 6.12. The molecule has 0 saturated carbocycles. The maximum atomic E-state index is 12.4. The molecule has 0 spiro atoms. The van der Waals surface area contributed by atoms with Gasteiger partial charge in [-0.3, -0.25) is 14.5 Å². The molecule has 140 valence electrons. The predicted molar refractivity (Wildman–Crippen MR) is 91.3 cm³/mol. The number of thioether (sulfide) groups is 1. The lowest BCUT2D eigenvalue weighted by atomic mass is 9.97. The number of hydrogen-bond donors (Lipinski definition) is 1. The van der Waals surface area contributed by atoms with E-state index in [2.05, 4.69) is 0 Å². The second kappa shape index (κ2) is 7.76. The number of nitrogens with two attached hydrogens (primary N) is 1. The van der Waals surface area contributed by atoms with Crippen LogP contribution in [0.3, 0.4) is 0 Å². The van der Waals surface area contributed by atoms with Crippen molar-refractivity contribution in [2.45, 2.75) is 32.2 Å². The standard InChI is InChI=1S/C16H24N2O6S/c1-16(2,3)15(21)24-6-5-23-14(20)11-9(7-22-4)8-25-13-10(17)12(19)18(11)13/h10,13H,5-8,17H2,1-4H3/t10-,13-/m1/s1. The van der Waals surface area contributed by atoms with E-state index >= 15 is 0 Å². The third-order valence-corrected chi connectivity index (χ3v) is 5.12. The number of nitrogens with zero attached hydrogens (tertiary/aromatic N) is 1. The van der Waals surface area contributed by atoms with E-state index in [0.29, 0.717) is 11.3 Å². The van der Waals surface area contributed by atoms with Crippen molar-refractivity contribution < 1.29 is 28.6 Å². The van der Waals surface area contributed by atoms with Crippen LogP contribution in [0.4, 0.5) is 0 Å². The smallest absolute Gasteiger partial charge is 0.355 e. The van der Waals surface area contributed by atoms with Crippen LogP contribution < -0.4 is 5.73 Å². The highest BCUT2D eigenvalue weighted by Crippen LogP contribution is 2.39. The molecule has 2 rings (SSSR count). The Morgan fingerprint density at radius 1 is 1.28 bits per heavy atom. The normalized spacial score (nSPS) is 23.1. The van der Waals surface area contributed by atoms with Crippen molar-refractivity contribution in [2.75, 3.05) is 32.7 Å². The Balaban J connectivity index is 1.97. The molecule has 0 aromatic rings. The zero-order valence-electron chi connectivity index (χ0n) is 14.9. The molecule has 0 aliphatic carbocycles. The summed E-state index contributed by atoms with van der Waals surface area (Å²) in [5.41, 5.74) is 6.03. The fourth-order valence-electron chi connectivity index (χ4n) is 2.41. The number of hydrogen-bond acceptors (Lipinski definition) is 8. The molecule has 0 aromatic heterocycles. The molecule has 2 atom stereocenters. The summed E-state index contributed by atoms with van der Waals surface area (Å²) < 4.78 is 15.3. The van der Waals surface area contributed by atoms with E-state index in [9.17, 15) is 14.4 Å². The average molecular weight is 372 g/mol. The zero-order chi connectivity index (χ0) is 18.8. The van der Waals surface area contributed by atoms with Crippen molar-refractivity contribution >= 4 is 29.6 Å². The second-order valence-electron chi connectivity index (χ2n) is 6.84. The lowest BCUT2D eigenvalue weighted by Crippen LogP contribution is -2.68. The van der Waals surface area contributed by atoms with Crippen LogP contribution in [0.5, 0.6) is 0 Å². The first-order valence-corrected chi connectivity index (χ1v) is 8.99. The number of carbonyl (C=O) groups excluding carboxylic acids is 3. The van der Waals surface area contributed by atoms with E-state index in [0.717, 1.165) is 0 Å². The molecule has 0 unspecified atom stereocenters. The van der Waals surface area contributed by atoms with E-state index in [1.54, 1.807) is 20.8 Å². The van der Waals surface area contributed by atoms with Gasteiger partial charge in [0.15, 0.2) is 0 Å². The first-order chi connectivity index (χ1) is 11.7. The maximum Gasteiger partial charge on any atom is 0.355 e. The number of rotatable bonds is 6. The second-order valence-corrected chi connectivity index (χ2v) is 7.95. The number of carbonyl (C=O) groups is 3. The molecule has 8 nitrogen and oxygen atoms in total. The van der Waals surface area contributed by atoms with Crippen molar-refractivity contribution in [3.63, 3.8) is 0 Å². The summed E-state index contributed by atoms with van der Waals surface area (Å²) in [6.45, 7) is 5.31. The predicted octanol–water partition coefficient (Wildman–Crippen LogP) is 0.262. The van der Waals surface area contributed by atoms with Crippen LogP contribution in [0.2, 0.25) is 0 Å². The number of amides is 1. The minimum absolute atomic E-state index is 0.0413. The molecule has 1 saturated heterocycles. The Bertz CT molecular complexity index is 598. The van der Waals surface area contributed by atoms with Gasteiger partial charge in [-0.1, -0.05) is 0 Å². The molecule has 9 heteroatoms. The summed E-state index contributed by atoms with van der Waals surface area (Å²) in [7, 11) is 1.52. The van der Waals surface area contributed by atoms with Gasteiger partial charge in [0, 0.05) is 12.9 Å². The lowest BCUT2D eigenvalue weighted by Gasteiger charge is -2.48. The van der Waals surface area contributed by atoms with Gasteiger partial charge in [0.05, 0.1) is 12.0 Å². The van der Waals surface area contributed by atoms with Crippen molar-refractivity contribution in [3.05, 3.63) is 11.3 Å². The lowest BCUT2D eigenvalue weighted by molar-refractivity contribution is -0.158. The Labute approximate surface area is 151 Å². The molecule has 0 aromatic carbocycles. The van der Waals surface area contributed by atoms with Crippen LogP contribution in [0.1, 0.15) is 20.8 Å². The van der Waals surface area contributed by atoms with Crippen molar-refractivity contribution in [1.82, 2.24) is 4.90 Å². The van der Waals surface area contributed by atoms with Gasteiger partial charge < -0.3 is 19.9 Å². The summed E-state index contributed by atoms with van der Waals surface area (Å²) in [6, 6.07) is -0.607. The van der Waals surface area contributed by atoms with Crippen LogP contribution in [0.15, 0.2) is 11.3 Å². The number of β-lactam (4-membered cyclic amide) rings is 1. The first-order valence-electron chi connectivity index (χ1n) is 7.94. The molecule has 2 heterocycles. The van der Waals surface area contributed by atoms with Crippen LogP contribution in [0.25, 0.3) is 0 Å². The van der Waals surface area contributed by atoms with Gasteiger partial charge in [0.1, 0.15) is 30.3 Å². The molecule has 2 N–H and O–H groups in total. The zero-order valence-corrected chi connectivity index (χ0v) is 15.7. The molecule has 0 radical (unpaired) electrons. The third kappa shape index (κ3) is 4.16. The molecular formula is C16H24N2O6S. The average Bonchev–Trinajstić information content (AvgIpc) is 2.56. The minimum Gasteiger partial charge on any atom is -0.462 e. The minimum atomic E-state index is -0.635. The van der Waals surface area contributed by atoms with Crippen molar-refractivity contribution in [1.29, 1.82) is 0 Å². The molecule has 1 fully saturated rings. The number of esters is 2. The van der Waals surface area contributed by atoms with Gasteiger partial charge >= 0.3 is 11.9 Å². The topological polar surface area (TPSA) is 108 Å². The van der Waals surface area contributed by atoms with E-state index < -0.39 is 17.4 Å². The Hall–Kier alpha value is -1.58. The number of methoxy groups -OCH3 is 1. The fraction of sp³-hybridized carbons (Fsp3) is 0.688. The van der Waals surface area contributed by atoms with Gasteiger partial charge in [0.25, 0.3) is 0 Å². The van der Waals surface area contributed by atoms with Gasteiger partial charge in [0.2, 0.25) is 5.91 Å². The van der Waals surface area contributed by atoms with Crippen LogP contribution >= 0.6 is 11.8 Å². The molecular weight excluding hydrogens is 348 g/mol. The van der Waals surface area contributed by atoms with Crippen molar-refractivity contribution in [3.8, 4) is 0 Å². The molecule has 25 heavy (non-hydrogen) atoms. The number of fused-ring (bicyclic) bond motifs is 1. The van der Waals surface area contributed by atoms with Crippen molar-refractivity contribution in [2.24, 2.45) is 11.1 Å². The number of ether oxygens (including phenoxy) is 3. The Morgan fingerprint density at radius 3 is 2.52 bits per heavy atom. The SMILES string of the molecule is COCC1=C(C(=O)OCCOC(=O)C(C)(C)C)N2C(=O)[C@@H](N)[C@H]2SC1. The van der Waals surface area contributed by atoms with Crippen LogP contribution in [-0.4, -0.2) is 66.8 Å². The van der Waals surface area contributed by atoms with Gasteiger partial charge in [-0.2, -0.15) is 0 Å². The van der Waals surface area contributed by atoms with Crippen LogP contribution in [-0.2, 0) is 28.6 Å². The van der Waals surface area contributed by atoms with E-state index in [4.69, 9.17) is 19.9 Å². The summed E-state index contributed by atoms with van der Waals surface area (Å²) in [4.78, 5) is 37.5. The summed E-state index contributed by atoms with van der Waals surface area (Å²) >= 11 is 1.49. The van der Waals surface area contributed by atoms with Crippen LogP contribution in [0, 0.1) is 5.41 Å². The third-order valence-electron chi connectivity index (χ3n) is 3.76. The largest absolute Gasteiger partial charge is 0.462 e. The van der Waals surface area contributed by atoms with E-state index in [1.165, 1.54) is 23.8 Å². The highest BCUT2D eigenvalue weighted by atomic mass is 32.2. The fourth-order valence-corrected chi connectivity index (χ4v) is 3.68. The molecule has 2 aliphatic rings. The van der Waals surface area contributed by atoms with Gasteiger partial charge in [-0.15, -0.1) is 11.8 Å². The summed E-state index contributed by atoms with van der Waals surface area (Å²) in [6.07, 6.45) is 0. The van der Waals surface area contributed by atoms with Gasteiger partial charge in [-0.05, 0) is 26.3 Å². The van der Waals surface area contributed by atoms with Gasteiger partial charge in [-0.25, -0.2) is 4.79 Å². The monoisotopic (exact) mass is 372 g/mol. The van der Waals surface area contributed by atoms with E-state index in [-0.39, 0.29) is 42.8 Å². The highest BCUT2D eigenvalue weighted by Gasteiger charge is 2.52. The first kappa shape index (κ1) is 19.7. The molecule has 1 amide bonds. The Morgan fingerprint density at radius 2 is 1.92 bits per heavy atom. The highest BCUT2D eigenvalue weighted by molar-refractivity contribution is 8.00. The quantitative estimate of drug-likeness (QED) is 0.402. The van der Waals surface area contributed by atoms with E-state index in [1.807, 2.05) is 0 Å². The maximum absolute atomic E-state index is 12.4. The summed E-state index contributed by atoms with van der Waals surface area (Å²) in [5, 5.41) is -0.255. The summed E-state index contributed by atoms with van der Waals surface area (Å²) in [5.74, 6) is -0.776. The molecule has 2 aliphatic heterocycles. The molecule has 0 bridgehead atoms.